The molecule has 8 nitrogen and oxygen atoms in total. The van der Waals surface area contributed by atoms with E-state index in [0.717, 1.165) is 4.90 Å². The van der Waals surface area contributed by atoms with Crippen LogP contribution in [0.3, 0.4) is 0 Å². The Balaban J connectivity index is 1.66. The van der Waals surface area contributed by atoms with Crippen LogP contribution in [0.2, 0.25) is 0 Å². The number of rotatable bonds is 4. The number of aromatic nitrogens is 2. The Morgan fingerprint density at radius 2 is 1.96 bits per heavy atom. The summed E-state index contributed by atoms with van der Waals surface area (Å²) in [7, 11) is 0. The highest BCUT2D eigenvalue weighted by atomic mass is 19.4. The predicted molar refractivity (Wildman–Crippen MR) is 88.9 cm³/mol. The second-order valence-corrected chi connectivity index (χ2v) is 6.49. The Kier molecular flexibility index (Phi) is 5.25. The Labute approximate surface area is 157 Å². The number of carbonyl (C=O) groups excluding carboxylic acids is 1. The van der Waals surface area contributed by atoms with Crippen LogP contribution >= 0.6 is 0 Å². The Morgan fingerprint density at radius 1 is 1.29 bits per heavy atom. The molecule has 0 radical (unpaired) electrons. The van der Waals surface area contributed by atoms with E-state index in [-0.39, 0.29) is 11.7 Å². The summed E-state index contributed by atoms with van der Waals surface area (Å²) in [6.07, 6.45) is -4.71. The summed E-state index contributed by atoms with van der Waals surface area (Å²) in [4.78, 5) is 28.4. The molecule has 3 rings (SSSR count). The number of benzene rings is 1. The fourth-order valence-electron chi connectivity index (χ4n) is 3.00. The van der Waals surface area contributed by atoms with Crippen molar-refractivity contribution in [3.63, 3.8) is 0 Å². The van der Waals surface area contributed by atoms with Crippen LogP contribution in [-0.4, -0.2) is 51.4 Å². The number of halogens is 3. The van der Waals surface area contributed by atoms with Crippen LogP contribution in [0.25, 0.3) is 11.5 Å². The van der Waals surface area contributed by atoms with Crippen LogP contribution in [0.5, 0.6) is 0 Å². The fraction of sp³-hybridized carbons (Fsp3) is 0.412. The van der Waals surface area contributed by atoms with Gasteiger partial charge in [-0.3, -0.25) is 4.79 Å². The lowest BCUT2D eigenvalue weighted by molar-refractivity contribution is -0.187. The highest BCUT2D eigenvalue weighted by Crippen LogP contribution is 2.37. The average molecular weight is 398 g/mol. The summed E-state index contributed by atoms with van der Waals surface area (Å²) in [5.41, 5.74) is 0.677. The van der Waals surface area contributed by atoms with Crippen molar-refractivity contribution in [3.8, 4) is 11.5 Å². The first-order chi connectivity index (χ1) is 13.2. The molecule has 150 valence electrons. The lowest BCUT2D eigenvalue weighted by Crippen LogP contribution is -2.40. The van der Waals surface area contributed by atoms with Crippen LogP contribution in [0.1, 0.15) is 18.8 Å². The molecule has 11 heteroatoms. The van der Waals surface area contributed by atoms with Crippen molar-refractivity contribution in [2.45, 2.75) is 19.1 Å². The molecule has 1 aromatic carbocycles. The quantitative estimate of drug-likeness (QED) is 0.820. The summed E-state index contributed by atoms with van der Waals surface area (Å²) in [6.45, 7) is 0.295. The normalized spacial score (nSPS) is 20.8. The largest absolute Gasteiger partial charge is 0.481 e. The van der Waals surface area contributed by atoms with E-state index >= 15 is 0 Å². The zero-order valence-electron chi connectivity index (χ0n) is 14.7. The summed E-state index contributed by atoms with van der Waals surface area (Å²) < 4.78 is 44.3. The Bertz CT molecular complexity index is 856. The molecule has 0 spiro atoms. The number of nitrogens with one attached hydrogen (secondary N) is 1. The van der Waals surface area contributed by atoms with Gasteiger partial charge in [0, 0.05) is 18.7 Å². The van der Waals surface area contributed by atoms with E-state index in [4.69, 9.17) is 9.63 Å². The first-order valence-electron chi connectivity index (χ1n) is 8.40. The minimum absolute atomic E-state index is 0.147. The second kappa shape index (κ2) is 7.49. The molecular weight excluding hydrogens is 381 g/mol. The summed E-state index contributed by atoms with van der Waals surface area (Å²) in [6, 6.07) is 7.33. The van der Waals surface area contributed by atoms with Crippen molar-refractivity contribution in [2.75, 3.05) is 13.1 Å². The number of likely N-dealkylation sites (tertiary alicyclic amines) is 1. The van der Waals surface area contributed by atoms with Gasteiger partial charge in [-0.2, -0.15) is 18.2 Å². The van der Waals surface area contributed by atoms with Crippen molar-refractivity contribution in [1.29, 1.82) is 0 Å². The van der Waals surface area contributed by atoms with Crippen LogP contribution in [-0.2, 0) is 4.79 Å². The van der Waals surface area contributed by atoms with Gasteiger partial charge in [-0.1, -0.05) is 23.4 Å². The topological polar surface area (TPSA) is 109 Å². The monoisotopic (exact) mass is 398 g/mol. The second-order valence-electron chi connectivity index (χ2n) is 6.49. The molecule has 1 saturated heterocycles. The molecule has 3 atom stereocenters. The molecular formula is C17H17F3N4O4. The van der Waals surface area contributed by atoms with Gasteiger partial charge in [0.25, 0.3) is 5.89 Å². The first kappa shape index (κ1) is 19.6. The van der Waals surface area contributed by atoms with Gasteiger partial charge < -0.3 is 19.8 Å². The molecule has 1 aliphatic heterocycles. The van der Waals surface area contributed by atoms with E-state index in [1.165, 1.54) is 0 Å². The highest BCUT2D eigenvalue weighted by Gasteiger charge is 2.53. The predicted octanol–water partition coefficient (Wildman–Crippen LogP) is 2.70. The minimum Gasteiger partial charge on any atom is -0.481 e. The molecule has 28 heavy (non-hydrogen) atoms. The van der Waals surface area contributed by atoms with E-state index in [9.17, 15) is 22.8 Å². The number of amides is 2. The minimum atomic E-state index is -4.71. The van der Waals surface area contributed by atoms with Crippen molar-refractivity contribution in [3.05, 3.63) is 36.2 Å². The number of hydrogen-bond acceptors (Lipinski definition) is 5. The fourth-order valence-corrected chi connectivity index (χ4v) is 3.00. The van der Waals surface area contributed by atoms with Crippen LogP contribution in [0.4, 0.5) is 18.0 Å². The molecule has 1 unspecified atom stereocenters. The van der Waals surface area contributed by atoms with E-state index in [2.05, 4.69) is 15.5 Å². The molecule has 0 bridgehead atoms. The van der Waals surface area contributed by atoms with E-state index in [0.29, 0.717) is 5.56 Å². The van der Waals surface area contributed by atoms with Crippen LogP contribution in [0, 0.1) is 11.8 Å². The van der Waals surface area contributed by atoms with Gasteiger partial charge in [0.15, 0.2) is 5.82 Å². The maximum absolute atomic E-state index is 13.0. The molecule has 0 aliphatic carbocycles. The third-order valence-electron chi connectivity index (χ3n) is 4.53. The SMILES string of the molecule is CC(NC(=O)N1C[C@@H](C(F)(F)F)[C@H](C(=O)O)C1)c1noc(-c2ccccc2)n1. The number of hydrogen-bond donors (Lipinski definition) is 2. The van der Waals surface area contributed by atoms with Crippen LogP contribution < -0.4 is 5.32 Å². The standard InChI is InChI=1S/C17H17F3N4O4/c1-9(13-22-14(28-23-13)10-5-3-2-4-6-10)21-16(27)24-7-11(15(25)26)12(8-24)17(18,19)20/h2-6,9,11-12H,7-8H2,1H3,(H,21,27)(H,25,26)/t9?,11-,12-/m1/s1. The third kappa shape index (κ3) is 4.07. The number of carboxylic acids is 1. The van der Waals surface area contributed by atoms with Gasteiger partial charge in [-0.25, -0.2) is 4.79 Å². The number of carboxylic acid groups (broad SMARTS) is 1. The smallest absolute Gasteiger partial charge is 0.394 e. The van der Waals surface area contributed by atoms with E-state index < -0.39 is 49.1 Å². The molecule has 2 aromatic rings. The maximum Gasteiger partial charge on any atom is 0.394 e. The Hall–Kier alpha value is -3.11. The number of aliphatic carboxylic acids is 1. The van der Waals surface area contributed by atoms with Gasteiger partial charge in [-0.15, -0.1) is 0 Å². The van der Waals surface area contributed by atoms with Gasteiger partial charge >= 0.3 is 18.2 Å². The first-order valence-corrected chi connectivity index (χ1v) is 8.40. The maximum atomic E-state index is 13.0. The Morgan fingerprint density at radius 3 is 2.54 bits per heavy atom. The summed E-state index contributed by atoms with van der Waals surface area (Å²) >= 11 is 0. The number of alkyl halides is 3. The highest BCUT2D eigenvalue weighted by molar-refractivity contribution is 5.78. The molecule has 2 amide bonds. The molecule has 1 fully saturated rings. The number of urea groups is 1. The lowest BCUT2D eigenvalue weighted by Gasteiger charge is -2.20. The van der Waals surface area contributed by atoms with E-state index in [1.54, 1.807) is 31.2 Å². The van der Waals surface area contributed by atoms with Crippen LogP contribution in [0.15, 0.2) is 34.9 Å². The van der Waals surface area contributed by atoms with Crippen molar-refractivity contribution in [1.82, 2.24) is 20.4 Å². The van der Waals surface area contributed by atoms with Crippen molar-refractivity contribution >= 4 is 12.0 Å². The van der Waals surface area contributed by atoms with Gasteiger partial charge in [0.1, 0.15) is 0 Å². The van der Waals surface area contributed by atoms with Gasteiger partial charge in [0.05, 0.1) is 17.9 Å². The summed E-state index contributed by atoms with van der Waals surface area (Å²) in [5, 5.41) is 15.3. The van der Waals surface area contributed by atoms with Crippen molar-refractivity contribution in [2.24, 2.45) is 11.8 Å². The zero-order chi connectivity index (χ0) is 20.5. The molecule has 2 heterocycles. The molecule has 2 N–H and O–H groups in total. The van der Waals surface area contributed by atoms with Crippen molar-refractivity contribution < 1.29 is 32.4 Å². The van der Waals surface area contributed by atoms with E-state index in [1.807, 2.05) is 6.07 Å². The lowest BCUT2D eigenvalue weighted by atomic mass is 9.96. The number of nitrogens with zero attached hydrogens (tertiary/aromatic N) is 3. The molecule has 0 saturated carbocycles. The van der Waals surface area contributed by atoms with Gasteiger partial charge in [-0.05, 0) is 19.1 Å². The zero-order valence-corrected chi connectivity index (χ0v) is 14.7. The third-order valence-corrected chi connectivity index (χ3v) is 4.53. The summed E-state index contributed by atoms with van der Waals surface area (Å²) in [5.74, 6) is -5.01. The molecule has 1 aliphatic rings. The number of carbonyl (C=O) groups is 2. The average Bonchev–Trinajstić information content (AvgIpc) is 3.30. The molecule has 1 aromatic heterocycles. The van der Waals surface area contributed by atoms with Gasteiger partial charge in [0.2, 0.25) is 0 Å².